The predicted octanol–water partition coefficient (Wildman–Crippen LogP) is -1.08. The van der Waals surface area contributed by atoms with Gasteiger partial charge in [0.1, 0.15) is 5.82 Å². The summed E-state index contributed by atoms with van der Waals surface area (Å²) < 4.78 is 0. The summed E-state index contributed by atoms with van der Waals surface area (Å²) in [5.41, 5.74) is 0. The Kier molecular flexibility index (Phi) is 4.31. The second-order valence-corrected chi connectivity index (χ2v) is 2.61. The van der Waals surface area contributed by atoms with Crippen molar-refractivity contribution in [1.82, 2.24) is 15.3 Å². The molecule has 0 fully saturated rings. The molecule has 0 bridgehead atoms. The van der Waals surface area contributed by atoms with Gasteiger partial charge in [-0.05, 0) is 6.07 Å². The summed E-state index contributed by atoms with van der Waals surface area (Å²) in [7, 11) is 0. The molecule has 0 radical (unpaired) electrons. The summed E-state index contributed by atoms with van der Waals surface area (Å²) in [6, 6.07) is 1.43. The Bertz CT molecular complexity index is 226. The van der Waals surface area contributed by atoms with Crippen LogP contribution in [0, 0.1) is 0 Å². The van der Waals surface area contributed by atoms with Gasteiger partial charge in [0.25, 0.3) is 0 Å². The number of rotatable bonds is 5. The molecule has 13 heavy (non-hydrogen) atoms. The molecule has 1 aromatic heterocycles. The highest BCUT2D eigenvalue weighted by Crippen LogP contribution is 1.88. The molecule has 5 heteroatoms. The van der Waals surface area contributed by atoms with Gasteiger partial charge in [-0.3, -0.25) is 0 Å². The lowest BCUT2D eigenvalue weighted by Gasteiger charge is -2.11. The molecule has 0 saturated carbocycles. The van der Waals surface area contributed by atoms with Gasteiger partial charge in [0.05, 0.1) is 25.8 Å². The molecule has 0 aliphatic heterocycles. The molecule has 1 aromatic rings. The third-order valence-corrected chi connectivity index (χ3v) is 1.61. The van der Waals surface area contributed by atoms with Crippen molar-refractivity contribution in [2.45, 2.75) is 12.6 Å². The van der Waals surface area contributed by atoms with Crippen LogP contribution >= 0.6 is 0 Å². The number of aliphatic hydroxyl groups excluding tert-OH is 2. The van der Waals surface area contributed by atoms with Gasteiger partial charge in [-0.1, -0.05) is 0 Å². The van der Waals surface area contributed by atoms with E-state index in [2.05, 4.69) is 15.3 Å². The van der Waals surface area contributed by atoms with Crippen LogP contribution in [0.1, 0.15) is 5.82 Å². The minimum absolute atomic E-state index is 0.0939. The van der Waals surface area contributed by atoms with Crippen LogP contribution < -0.4 is 5.32 Å². The average Bonchev–Trinajstić information content (AvgIpc) is 2.21. The fraction of sp³-hybridized carbons (Fsp3) is 0.500. The lowest BCUT2D eigenvalue weighted by Crippen LogP contribution is -2.35. The van der Waals surface area contributed by atoms with Gasteiger partial charge in [0.2, 0.25) is 0 Å². The smallest absolute Gasteiger partial charge is 0.141 e. The quantitative estimate of drug-likeness (QED) is 0.541. The Hall–Kier alpha value is -1.04. The maximum Gasteiger partial charge on any atom is 0.141 e. The van der Waals surface area contributed by atoms with E-state index in [0.717, 1.165) is 0 Å². The van der Waals surface area contributed by atoms with E-state index in [1.807, 2.05) is 0 Å². The third-order valence-electron chi connectivity index (χ3n) is 1.61. The van der Waals surface area contributed by atoms with Crippen molar-refractivity contribution < 1.29 is 10.2 Å². The van der Waals surface area contributed by atoms with Crippen molar-refractivity contribution in [2.75, 3.05) is 13.2 Å². The van der Waals surface area contributed by atoms with Crippen LogP contribution in [0.15, 0.2) is 18.5 Å². The van der Waals surface area contributed by atoms with Gasteiger partial charge in [-0.15, -0.1) is 0 Å². The molecule has 3 N–H and O–H groups in total. The van der Waals surface area contributed by atoms with E-state index in [1.54, 1.807) is 18.5 Å². The molecular formula is C8H13N3O2. The Morgan fingerprint density at radius 1 is 1.23 bits per heavy atom. The Morgan fingerprint density at radius 3 is 2.38 bits per heavy atom. The molecule has 0 spiro atoms. The predicted molar refractivity (Wildman–Crippen MR) is 46.8 cm³/mol. The highest BCUT2D eigenvalue weighted by molar-refractivity contribution is 4.88. The lowest BCUT2D eigenvalue weighted by molar-refractivity contribution is 0.169. The molecule has 0 aliphatic rings. The maximum absolute atomic E-state index is 8.74. The van der Waals surface area contributed by atoms with Crippen molar-refractivity contribution in [3.05, 3.63) is 24.3 Å². The maximum atomic E-state index is 8.74. The zero-order valence-electron chi connectivity index (χ0n) is 7.22. The SMILES string of the molecule is OCC(CO)NCc1ncccn1. The number of hydrogen-bond donors (Lipinski definition) is 3. The van der Waals surface area contributed by atoms with E-state index >= 15 is 0 Å². The van der Waals surface area contributed by atoms with Crippen LogP contribution in [-0.4, -0.2) is 39.4 Å². The topological polar surface area (TPSA) is 78.3 Å². The first-order valence-electron chi connectivity index (χ1n) is 4.08. The number of nitrogens with zero attached hydrogens (tertiary/aromatic N) is 2. The Labute approximate surface area is 76.5 Å². The molecular weight excluding hydrogens is 170 g/mol. The van der Waals surface area contributed by atoms with Crippen LogP contribution in [-0.2, 0) is 6.54 Å². The summed E-state index contributed by atoms with van der Waals surface area (Å²) >= 11 is 0. The summed E-state index contributed by atoms with van der Waals surface area (Å²) in [6.45, 7) is 0.263. The van der Waals surface area contributed by atoms with Gasteiger partial charge in [0, 0.05) is 12.4 Å². The van der Waals surface area contributed by atoms with E-state index in [9.17, 15) is 0 Å². The Balaban J connectivity index is 2.34. The van der Waals surface area contributed by atoms with Crippen molar-refractivity contribution in [3.63, 3.8) is 0 Å². The molecule has 0 amide bonds. The first-order chi connectivity index (χ1) is 6.36. The molecule has 0 unspecified atom stereocenters. The number of aromatic nitrogens is 2. The number of nitrogens with one attached hydrogen (secondary N) is 1. The normalized spacial score (nSPS) is 10.7. The molecule has 1 heterocycles. The largest absolute Gasteiger partial charge is 0.395 e. The Morgan fingerprint density at radius 2 is 1.85 bits per heavy atom. The van der Waals surface area contributed by atoms with E-state index in [1.165, 1.54) is 0 Å². The van der Waals surface area contributed by atoms with Gasteiger partial charge in [-0.2, -0.15) is 0 Å². The molecule has 0 aliphatic carbocycles. The summed E-state index contributed by atoms with van der Waals surface area (Å²) in [4.78, 5) is 7.96. The molecule has 0 aromatic carbocycles. The molecule has 72 valence electrons. The second-order valence-electron chi connectivity index (χ2n) is 2.61. The summed E-state index contributed by atoms with van der Waals surface area (Å²) in [5, 5.41) is 20.4. The van der Waals surface area contributed by atoms with Gasteiger partial charge < -0.3 is 15.5 Å². The van der Waals surface area contributed by atoms with Crippen molar-refractivity contribution in [1.29, 1.82) is 0 Å². The molecule has 0 atom stereocenters. The summed E-state index contributed by atoms with van der Waals surface area (Å²) in [6.07, 6.45) is 3.30. The standard InChI is InChI=1S/C8H13N3O2/c12-5-7(6-13)11-4-8-9-2-1-3-10-8/h1-3,7,11-13H,4-6H2. The fourth-order valence-electron chi connectivity index (χ4n) is 0.844. The zero-order chi connectivity index (χ0) is 9.52. The molecule has 0 saturated heterocycles. The average molecular weight is 183 g/mol. The number of aliphatic hydroxyl groups is 2. The fourth-order valence-corrected chi connectivity index (χ4v) is 0.844. The van der Waals surface area contributed by atoms with Crippen LogP contribution in [0.4, 0.5) is 0 Å². The summed E-state index contributed by atoms with van der Waals surface area (Å²) in [5.74, 6) is 0.648. The van der Waals surface area contributed by atoms with Gasteiger partial charge in [0.15, 0.2) is 0 Å². The third kappa shape index (κ3) is 3.45. The highest BCUT2D eigenvalue weighted by Gasteiger charge is 2.04. The first-order valence-corrected chi connectivity index (χ1v) is 4.08. The molecule has 1 rings (SSSR count). The van der Waals surface area contributed by atoms with Crippen molar-refractivity contribution in [3.8, 4) is 0 Å². The second kappa shape index (κ2) is 5.58. The zero-order valence-corrected chi connectivity index (χ0v) is 7.22. The minimum atomic E-state index is -0.302. The van der Waals surface area contributed by atoms with E-state index < -0.39 is 0 Å². The number of hydrogen-bond acceptors (Lipinski definition) is 5. The van der Waals surface area contributed by atoms with Crippen molar-refractivity contribution >= 4 is 0 Å². The first kappa shape index (κ1) is 10.0. The van der Waals surface area contributed by atoms with Gasteiger partial charge >= 0.3 is 0 Å². The van der Waals surface area contributed by atoms with E-state index in [0.29, 0.717) is 12.4 Å². The van der Waals surface area contributed by atoms with Crippen molar-refractivity contribution in [2.24, 2.45) is 0 Å². The monoisotopic (exact) mass is 183 g/mol. The van der Waals surface area contributed by atoms with Crippen LogP contribution in [0.3, 0.4) is 0 Å². The van der Waals surface area contributed by atoms with E-state index in [-0.39, 0.29) is 19.3 Å². The van der Waals surface area contributed by atoms with E-state index in [4.69, 9.17) is 10.2 Å². The van der Waals surface area contributed by atoms with Crippen LogP contribution in [0.2, 0.25) is 0 Å². The van der Waals surface area contributed by atoms with Crippen LogP contribution in [0.25, 0.3) is 0 Å². The lowest BCUT2D eigenvalue weighted by atomic mass is 10.3. The highest BCUT2D eigenvalue weighted by atomic mass is 16.3. The minimum Gasteiger partial charge on any atom is -0.395 e. The van der Waals surface area contributed by atoms with Crippen LogP contribution in [0.5, 0.6) is 0 Å². The molecule has 5 nitrogen and oxygen atoms in total. The van der Waals surface area contributed by atoms with Gasteiger partial charge in [-0.25, -0.2) is 9.97 Å².